The Morgan fingerprint density at radius 2 is 1.61 bits per heavy atom. The molecule has 2 aromatic carbocycles. The van der Waals surface area contributed by atoms with Gasteiger partial charge in [0.15, 0.2) is 0 Å². The van der Waals surface area contributed by atoms with Gasteiger partial charge in [0.1, 0.15) is 11.5 Å². The van der Waals surface area contributed by atoms with Gasteiger partial charge in [0.05, 0.1) is 6.61 Å². The van der Waals surface area contributed by atoms with E-state index >= 15 is 0 Å². The van der Waals surface area contributed by atoms with E-state index in [-0.39, 0.29) is 5.75 Å². The average molecular weight is 337 g/mol. The lowest BCUT2D eigenvalue weighted by Crippen LogP contribution is -2.20. The fraction of sp³-hybridized carbons (Fsp3) is 0.250. The molecule has 2 aromatic rings. The number of para-hydroxylation sites is 1. The first-order chi connectivity index (χ1) is 10.9. The van der Waals surface area contributed by atoms with Crippen molar-refractivity contribution in [2.75, 3.05) is 25.1 Å². The Bertz CT molecular complexity index is 641. The highest BCUT2D eigenvalue weighted by Gasteiger charge is 2.15. The molecule has 0 atom stereocenters. The zero-order chi connectivity index (χ0) is 16.7. The molecule has 0 heterocycles. The largest absolute Gasteiger partial charge is 0.524 e. The van der Waals surface area contributed by atoms with E-state index in [1.165, 1.54) is 12.1 Å². The van der Waals surface area contributed by atoms with Crippen LogP contribution in [0, 0.1) is 0 Å². The van der Waals surface area contributed by atoms with Crippen LogP contribution in [-0.4, -0.2) is 30.0 Å². The summed E-state index contributed by atoms with van der Waals surface area (Å²) >= 11 is 0. The molecule has 0 spiro atoms. The van der Waals surface area contributed by atoms with E-state index in [4.69, 9.17) is 14.5 Å². The molecule has 0 saturated heterocycles. The Kier molecular flexibility index (Phi) is 6.04. The van der Waals surface area contributed by atoms with Gasteiger partial charge < -0.3 is 14.2 Å². The average Bonchev–Trinajstić information content (AvgIpc) is 2.52. The van der Waals surface area contributed by atoms with Gasteiger partial charge in [-0.05, 0) is 42.8 Å². The Balaban J connectivity index is 1.73. The lowest BCUT2D eigenvalue weighted by atomic mass is 10.3. The van der Waals surface area contributed by atoms with E-state index in [0.717, 1.165) is 18.7 Å². The van der Waals surface area contributed by atoms with Crippen LogP contribution < -0.4 is 14.2 Å². The molecule has 7 heteroatoms. The van der Waals surface area contributed by atoms with E-state index in [9.17, 15) is 4.57 Å². The van der Waals surface area contributed by atoms with Crippen LogP contribution in [0.25, 0.3) is 0 Å². The van der Waals surface area contributed by atoms with Gasteiger partial charge in [0, 0.05) is 19.3 Å². The Morgan fingerprint density at radius 1 is 1.00 bits per heavy atom. The maximum atomic E-state index is 10.7. The Morgan fingerprint density at radius 3 is 2.22 bits per heavy atom. The topological polar surface area (TPSA) is 79.2 Å². The summed E-state index contributed by atoms with van der Waals surface area (Å²) in [5.41, 5.74) is 1.16. The summed E-state index contributed by atoms with van der Waals surface area (Å²) in [5, 5.41) is 0. The number of rotatable bonds is 8. The van der Waals surface area contributed by atoms with Crippen molar-refractivity contribution in [3.63, 3.8) is 0 Å². The highest BCUT2D eigenvalue weighted by atomic mass is 31.2. The zero-order valence-electron chi connectivity index (χ0n) is 12.8. The molecule has 0 bridgehead atoms. The number of hydrogen-bond donors (Lipinski definition) is 2. The third-order valence-corrected chi connectivity index (χ3v) is 3.60. The number of nitrogens with zero attached hydrogens (tertiary/aromatic N) is 1. The molecule has 0 unspecified atom stereocenters. The second-order valence-corrected chi connectivity index (χ2v) is 6.18. The second-order valence-electron chi connectivity index (χ2n) is 5.01. The number of anilines is 1. The van der Waals surface area contributed by atoms with E-state index < -0.39 is 7.82 Å². The van der Waals surface area contributed by atoms with Gasteiger partial charge in [-0.1, -0.05) is 18.2 Å². The van der Waals surface area contributed by atoms with Crippen LogP contribution in [0.15, 0.2) is 54.6 Å². The molecule has 0 amide bonds. The van der Waals surface area contributed by atoms with Crippen LogP contribution >= 0.6 is 7.82 Å². The van der Waals surface area contributed by atoms with Crippen molar-refractivity contribution >= 4 is 13.5 Å². The van der Waals surface area contributed by atoms with Crippen molar-refractivity contribution in [3.8, 4) is 11.5 Å². The van der Waals surface area contributed by atoms with Crippen molar-refractivity contribution in [1.29, 1.82) is 0 Å². The molecular formula is C16H20NO5P. The fourth-order valence-corrected chi connectivity index (χ4v) is 2.43. The van der Waals surface area contributed by atoms with Crippen molar-refractivity contribution in [3.05, 3.63) is 54.6 Å². The highest BCUT2D eigenvalue weighted by molar-refractivity contribution is 7.46. The number of phosphoric acid groups is 1. The van der Waals surface area contributed by atoms with Gasteiger partial charge in [-0.25, -0.2) is 4.57 Å². The molecule has 2 N–H and O–H groups in total. The molecule has 124 valence electrons. The first kappa shape index (κ1) is 17.3. The number of ether oxygens (including phenoxy) is 1. The van der Waals surface area contributed by atoms with Crippen molar-refractivity contribution < 1.29 is 23.6 Å². The Labute approximate surface area is 135 Å². The predicted molar refractivity (Wildman–Crippen MR) is 88.9 cm³/mol. The van der Waals surface area contributed by atoms with Crippen molar-refractivity contribution in [1.82, 2.24) is 0 Å². The molecule has 23 heavy (non-hydrogen) atoms. The van der Waals surface area contributed by atoms with Crippen LogP contribution in [0.4, 0.5) is 5.69 Å². The van der Waals surface area contributed by atoms with Crippen LogP contribution in [0.2, 0.25) is 0 Å². The van der Waals surface area contributed by atoms with Gasteiger partial charge in [-0.3, -0.25) is 9.79 Å². The minimum atomic E-state index is -4.52. The summed E-state index contributed by atoms with van der Waals surface area (Å²) < 4.78 is 20.8. The van der Waals surface area contributed by atoms with Crippen molar-refractivity contribution in [2.24, 2.45) is 0 Å². The van der Waals surface area contributed by atoms with Crippen LogP contribution in [0.5, 0.6) is 11.5 Å². The number of phosphoric ester groups is 1. The standard InChI is InChI=1S/C16H20NO5P/c1-17(14-6-3-2-4-7-14)12-5-13-21-15-8-10-16(11-9-15)22-23(18,19)20/h2-4,6-11H,5,12-13H2,1H3,(H2,18,19,20). The molecule has 0 aliphatic rings. The summed E-state index contributed by atoms with van der Waals surface area (Å²) in [7, 11) is -2.48. The summed E-state index contributed by atoms with van der Waals surface area (Å²) in [5.74, 6) is 0.736. The molecule has 0 aromatic heterocycles. The molecule has 0 aliphatic heterocycles. The molecule has 0 aliphatic carbocycles. The molecule has 0 fully saturated rings. The quantitative estimate of drug-likeness (QED) is 0.569. The highest BCUT2D eigenvalue weighted by Crippen LogP contribution is 2.37. The monoisotopic (exact) mass is 337 g/mol. The molecule has 6 nitrogen and oxygen atoms in total. The van der Waals surface area contributed by atoms with Crippen molar-refractivity contribution in [2.45, 2.75) is 6.42 Å². The van der Waals surface area contributed by atoms with Gasteiger partial charge in [0.2, 0.25) is 0 Å². The summed E-state index contributed by atoms with van der Waals surface area (Å²) in [6.07, 6.45) is 0.853. The van der Waals surface area contributed by atoms with Gasteiger partial charge in [-0.15, -0.1) is 0 Å². The smallest absolute Gasteiger partial charge is 0.494 e. The third-order valence-electron chi connectivity index (χ3n) is 3.15. The number of benzene rings is 2. The minimum absolute atomic E-state index is 0.106. The van der Waals surface area contributed by atoms with Crippen LogP contribution in [0.3, 0.4) is 0 Å². The normalized spacial score (nSPS) is 11.1. The SMILES string of the molecule is CN(CCCOc1ccc(OP(=O)(O)O)cc1)c1ccccc1. The first-order valence-electron chi connectivity index (χ1n) is 7.18. The lowest BCUT2D eigenvalue weighted by molar-refractivity contribution is 0.282. The second kappa shape index (κ2) is 8.02. The predicted octanol–water partition coefficient (Wildman–Crippen LogP) is 3.06. The fourth-order valence-electron chi connectivity index (χ4n) is 2.04. The van der Waals surface area contributed by atoms with Gasteiger partial charge in [0.25, 0.3) is 0 Å². The van der Waals surface area contributed by atoms with Gasteiger partial charge in [-0.2, -0.15) is 0 Å². The third kappa shape index (κ3) is 6.32. The van der Waals surface area contributed by atoms with E-state index in [2.05, 4.69) is 21.6 Å². The summed E-state index contributed by atoms with van der Waals surface area (Å²) in [6.45, 7) is 1.42. The van der Waals surface area contributed by atoms with E-state index in [1.54, 1.807) is 12.1 Å². The summed E-state index contributed by atoms with van der Waals surface area (Å²) in [4.78, 5) is 19.6. The Hall–Kier alpha value is -2.01. The first-order valence-corrected chi connectivity index (χ1v) is 8.71. The van der Waals surface area contributed by atoms with Crippen LogP contribution in [0.1, 0.15) is 6.42 Å². The zero-order valence-corrected chi connectivity index (χ0v) is 13.7. The molecule has 2 rings (SSSR count). The van der Waals surface area contributed by atoms with E-state index in [1.807, 2.05) is 25.2 Å². The van der Waals surface area contributed by atoms with E-state index in [0.29, 0.717) is 12.4 Å². The summed E-state index contributed by atoms with van der Waals surface area (Å²) in [6, 6.07) is 16.3. The van der Waals surface area contributed by atoms with Gasteiger partial charge >= 0.3 is 7.82 Å². The van der Waals surface area contributed by atoms with Crippen LogP contribution in [-0.2, 0) is 4.57 Å². The molecule has 0 radical (unpaired) electrons. The maximum absolute atomic E-state index is 10.7. The lowest BCUT2D eigenvalue weighted by Gasteiger charge is -2.19. The number of hydrogen-bond acceptors (Lipinski definition) is 4. The molecule has 0 saturated carbocycles. The molecular weight excluding hydrogens is 317 g/mol. The minimum Gasteiger partial charge on any atom is -0.494 e. The maximum Gasteiger partial charge on any atom is 0.524 e.